The Hall–Kier alpha value is -1.45. The molecule has 1 aliphatic heterocycles. The zero-order chi connectivity index (χ0) is 19.7. The van der Waals surface area contributed by atoms with Crippen LogP contribution in [-0.2, 0) is 11.2 Å². The Balaban J connectivity index is 0.00000392. The summed E-state index contributed by atoms with van der Waals surface area (Å²) in [5.41, 5.74) is -0.484. The summed E-state index contributed by atoms with van der Waals surface area (Å²) in [4.78, 5) is 18.9. The van der Waals surface area contributed by atoms with Crippen LogP contribution in [0.2, 0.25) is 0 Å². The number of likely N-dealkylation sites (tertiary alicyclic amines) is 1. The molecule has 1 amide bonds. The summed E-state index contributed by atoms with van der Waals surface area (Å²) in [6.45, 7) is 10.9. The molecule has 0 saturated carbocycles. The van der Waals surface area contributed by atoms with Gasteiger partial charge in [0.05, 0.1) is 12.3 Å². The van der Waals surface area contributed by atoms with Gasteiger partial charge in [-0.25, -0.2) is 4.79 Å². The first-order chi connectivity index (χ1) is 12.9. The molecule has 0 aliphatic carbocycles. The van der Waals surface area contributed by atoms with Gasteiger partial charge in [0.25, 0.3) is 0 Å². The highest BCUT2D eigenvalue weighted by molar-refractivity contribution is 14.0. The SMILES string of the molecule is CCCCN=C(NCCc1ccco1)N1CCC(NC(=O)OC(C)(C)C)C1.I. The number of ether oxygens (including phenoxy) is 1. The number of rotatable bonds is 7. The third-order valence-electron chi connectivity index (χ3n) is 4.22. The van der Waals surface area contributed by atoms with Crippen LogP contribution in [0.5, 0.6) is 0 Å². The maximum Gasteiger partial charge on any atom is 0.407 e. The molecule has 0 aromatic carbocycles. The molecule has 1 aromatic rings. The predicted molar refractivity (Wildman–Crippen MR) is 122 cm³/mol. The van der Waals surface area contributed by atoms with Crippen molar-refractivity contribution < 1.29 is 13.9 Å². The predicted octanol–water partition coefficient (Wildman–Crippen LogP) is 3.78. The van der Waals surface area contributed by atoms with Gasteiger partial charge in [0.15, 0.2) is 5.96 Å². The zero-order valence-electron chi connectivity index (χ0n) is 17.5. The van der Waals surface area contributed by atoms with Crippen molar-refractivity contribution in [3.8, 4) is 0 Å². The minimum atomic E-state index is -0.484. The van der Waals surface area contributed by atoms with Crippen LogP contribution in [0.4, 0.5) is 4.79 Å². The normalized spacial score (nSPS) is 17.2. The molecule has 1 aliphatic rings. The van der Waals surface area contributed by atoms with Crippen LogP contribution in [0, 0.1) is 0 Å². The molecule has 0 bridgehead atoms. The first-order valence-corrected chi connectivity index (χ1v) is 9.92. The second-order valence-corrected chi connectivity index (χ2v) is 7.89. The zero-order valence-corrected chi connectivity index (χ0v) is 19.8. The van der Waals surface area contributed by atoms with E-state index in [1.807, 2.05) is 32.9 Å². The Bertz CT molecular complexity index is 599. The quantitative estimate of drug-likeness (QED) is 0.255. The molecule has 7 nitrogen and oxygen atoms in total. The van der Waals surface area contributed by atoms with E-state index in [1.54, 1.807) is 6.26 Å². The van der Waals surface area contributed by atoms with E-state index in [4.69, 9.17) is 14.1 Å². The topological polar surface area (TPSA) is 79.1 Å². The minimum absolute atomic E-state index is 0. The van der Waals surface area contributed by atoms with Crippen molar-refractivity contribution in [1.29, 1.82) is 0 Å². The molecule has 0 radical (unpaired) electrons. The second kappa shape index (κ2) is 12.2. The van der Waals surface area contributed by atoms with E-state index in [-0.39, 0.29) is 36.1 Å². The number of halogens is 1. The van der Waals surface area contributed by atoms with Crippen LogP contribution in [0.25, 0.3) is 0 Å². The number of carbonyl (C=O) groups excluding carboxylic acids is 1. The fraction of sp³-hybridized carbons (Fsp3) is 0.700. The van der Waals surface area contributed by atoms with E-state index < -0.39 is 5.60 Å². The number of alkyl carbamates (subject to hydrolysis) is 1. The van der Waals surface area contributed by atoms with E-state index in [0.29, 0.717) is 0 Å². The molecule has 160 valence electrons. The van der Waals surface area contributed by atoms with E-state index in [2.05, 4.69) is 22.5 Å². The van der Waals surface area contributed by atoms with Gasteiger partial charge in [0.1, 0.15) is 11.4 Å². The number of nitrogens with zero attached hydrogens (tertiary/aromatic N) is 2. The summed E-state index contributed by atoms with van der Waals surface area (Å²) in [6, 6.07) is 3.95. The Morgan fingerprint density at radius 3 is 2.86 bits per heavy atom. The lowest BCUT2D eigenvalue weighted by molar-refractivity contribution is 0.0507. The van der Waals surface area contributed by atoms with Gasteiger partial charge in [0.2, 0.25) is 0 Å². The molecular formula is C20H35IN4O3. The van der Waals surface area contributed by atoms with Gasteiger partial charge >= 0.3 is 6.09 Å². The molecule has 28 heavy (non-hydrogen) atoms. The summed E-state index contributed by atoms with van der Waals surface area (Å²) in [7, 11) is 0. The summed E-state index contributed by atoms with van der Waals surface area (Å²) >= 11 is 0. The number of amides is 1. The summed E-state index contributed by atoms with van der Waals surface area (Å²) in [6.07, 6.45) is 5.21. The standard InChI is InChI=1S/C20H34N4O3.HI/c1-5-6-11-21-18(22-12-9-17-8-7-14-26-17)24-13-10-16(15-24)23-19(25)27-20(2,3)4;/h7-8,14,16H,5-6,9-13,15H2,1-4H3,(H,21,22)(H,23,25);1H. The number of hydrogen-bond acceptors (Lipinski definition) is 4. The minimum Gasteiger partial charge on any atom is -0.469 e. The Labute approximate surface area is 185 Å². The van der Waals surface area contributed by atoms with E-state index in [9.17, 15) is 4.79 Å². The number of nitrogens with one attached hydrogen (secondary N) is 2. The highest BCUT2D eigenvalue weighted by Crippen LogP contribution is 2.12. The van der Waals surface area contributed by atoms with Gasteiger partial charge in [0, 0.05) is 32.6 Å². The summed E-state index contributed by atoms with van der Waals surface area (Å²) < 4.78 is 10.7. The molecular weight excluding hydrogens is 471 g/mol. The van der Waals surface area contributed by atoms with Gasteiger partial charge in [-0.3, -0.25) is 4.99 Å². The van der Waals surface area contributed by atoms with Crippen LogP contribution in [0.1, 0.15) is 52.7 Å². The number of aliphatic imine (C=N–C) groups is 1. The third-order valence-corrected chi connectivity index (χ3v) is 4.22. The van der Waals surface area contributed by atoms with Crippen molar-refractivity contribution in [3.63, 3.8) is 0 Å². The molecule has 8 heteroatoms. The van der Waals surface area contributed by atoms with Crippen molar-refractivity contribution >= 4 is 36.0 Å². The van der Waals surface area contributed by atoms with E-state index >= 15 is 0 Å². The van der Waals surface area contributed by atoms with Gasteiger partial charge < -0.3 is 24.7 Å². The lowest BCUT2D eigenvalue weighted by Crippen LogP contribution is -2.44. The monoisotopic (exact) mass is 506 g/mol. The molecule has 1 aromatic heterocycles. The summed E-state index contributed by atoms with van der Waals surface area (Å²) in [5, 5.41) is 6.41. The van der Waals surface area contributed by atoms with Crippen molar-refractivity contribution in [2.45, 2.75) is 65.0 Å². The fourth-order valence-corrected chi connectivity index (χ4v) is 2.91. The first-order valence-electron chi connectivity index (χ1n) is 9.92. The Morgan fingerprint density at radius 1 is 1.43 bits per heavy atom. The van der Waals surface area contributed by atoms with Crippen molar-refractivity contribution in [2.75, 3.05) is 26.2 Å². The lowest BCUT2D eigenvalue weighted by atomic mass is 10.2. The maximum absolute atomic E-state index is 12.0. The van der Waals surface area contributed by atoms with Crippen LogP contribution >= 0.6 is 24.0 Å². The fourth-order valence-electron chi connectivity index (χ4n) is 2.91. The smallest absolute Gasteiger partial charge is 0.407 e. The molecule has 0 spiro atoms. The summed E-state index contributed by atoms with van der Waals surface area (Å²) in [5.74, 6) is 1.87. The maximum atomic E-state index is 12.0. The van der Waals surface area contributed by atoms with Crippen LogP contribution in [0.15, 0.2) is 27.8 Å². The van der Waals surface area contributed by atoms with Gasteiger partial charge in [-0.15, -0.1) is 24.0 Å². The molecule has 1 saturated heterocycles. The average molecular weight is 506 g/mol. The molecule has 2 N–H and O–H groups in total. The second-order valence-electron chi connectivity index (χ2n) is 7.89. The van der Waals surface area contributed by atoms with Gasteiger partial charge in [-0.1, -0.05) is 13.3 Å². The Kier molecular flexibility index (Phi) is 10.7. The number of guanidine groups is 1. The van der Waals surface area contributed by atoms with Crippen LogP contribution in [-0.4, -0.2) is 54.8 Å². The molecule has 1 atom stereocenters. The largest absolute Gasteiger partial charge is 0.469 e. The van der Waals surface area contributed by atoms with Crippen molar-refractivity contribution in [2.24, 2.45) is 4.99 Å². The number of unbranched alkanes of at least 4 members (excludes halogenated alkanes) is 1. The highest BCUT2D eigenvalue weighted by atomic mass is 127. The van der Waals surface area contributed by atoms with Crippen LogP contribution < -0.4 is 10.6 Å². The van der Waals surface area contributed by atoms with Crippen molar-refractivity contribution in [3.05, 3.63) is 24.2 Å². The van der Waals surface area contributed by atoms with Gasteiger partial charge in [-0.05, 0) is 45.7 Å². The molecule has 2 rings (SSSR count). The van der Waals surface area contributed by atoms with Crippen molar-refractivity contribution in [1.82, 2.24) is 15.5 Å². The lowest BCUT2D eigenvalue weighted by Gasteiger charge is -2.23. The molecule has 2 heterocycles. The third kappa shape index (κ3) is 9.16. The Morgan fingerprint density at radius 2 is 2.21 bits per heavy atom. The van der Waals surface area contributed by atoms with E-state index in [0.717, 1.165) is 63.6 Å². The number of carbonyl (C=O) groups is 1. The average Bonchev–Trinajstić information content (AvgIpc) is 3.23. The number of hydrogen-bond donors (Lipinski definition) is 2. The first kappa shape index (κ1) is 24.6. The molecule has 1 fully saturated rings. The highest BCUT2D eigenvalue weighted by Gasteiger charge is 2.27. The van der Waals surface area contributed by atoms with Crippen LogP contribution in [0.3, 0.4) is 0 Å². The number of furan rings is 1. The molecule has 1 unspecified atom stereocenters. The van der Waals surface area contributed by atoms with Gasteiger partial charge in [-0.2, -0.15) is 0 Å². The van der Waals surface area contributed by atoms with E-state index in [1.165, 1.54) is 0 Å².